The van der Waals surface area contributed by atoms with Gasteiger partial charge >= 0.3 is 0 Å². The van der Waals surface area contributed by atoms with E-state index in [1.54, 1.807) is 6.07 Å². The lowest BCUT2D eigenvalue weighted by Crippen LogP contribution is -2.38. The number of carbonyl (C=O) groups excluding carboxylic acids is 2. The molecule has 3 heterocycles. The fourth-order valence-electron chi connectivity index (χ4n) is 5.06. The largest absolute Gasteiger partial charge is 0.379 e. The summed E-state index contributed by atoms with van der Waals surface area (Å²) in [6, 6.07) is 3.62. The van der Waals surface area contributed by atoms with Gasteiger partial charge in [0.25, 0.3) is 11.8 Å². The first-order valence-corrected chi connectivity index (χ1v) is 12.6. The lowest BCUT2D eigenvalue weighted by molar-refractivity contribution is -0.124. The molecule has 1 aromatic heterocycles. The summed E-state index contributed by atoms with van der Waals surface area (Å²) in [5.74, 6) is 1.16. The number of aryl methyl sites for hydroxylation is 1. The minimum Gasteiger partial charge on any atom is -0.379 e. The second kappa shape index (κ2) is 10.4. The average Bonchev–Trinajstić information content (AvgIpc) is 3.45. The Labute approximate surface area is 200 Å². The molecular weight excluding hydrogens is 434 g/mol. The maximum absolute atomic E-state index is 13.0. The molecule has 3 fully saturated rings. The highest BCUT2D eigenvalue weighted by Crippen LogP contribution is 2.38. The summed E-state index contributed by atoms with van der Waals surface area (Å²) in [6.07, 6.45) is 5.53. The van der Waals surface area contributed by atoms with E-state index in [0.29, 0.717) is 30.3 Å². The molecule has 3 aliphatic rings. The smallest absolute Gasteiger partial charge is 0.253 e. The molecule has 2 N–H and O–H groups in total. The number of rotatable bonds is 8. The van der Waals surface area contributed by atoms with Crippen molar-refractivity contribution in [2.45, 2.75) is 50.5 Å². The summed E-state index contributed by atoms with van der Waals surface area (Å²) in [5, 5.41) is 6.07. The van der Waals surface area contributed by atoms with Crippen molar-refractivity contribution in [1.82, 2.24) is 19.8 Å². The normalized spacial score (nSPS) is 21.5. The number of morpholine rings is 1. The van der Waals surface area contributed by atoms with Crippen molar-refractivity contribution in [2.24, 2.45) is 7.05 Å². The number of ether oxygens (including phenoxy) is 2. The molecule has 0 bridgehead atoms. The topological polar surface area (TPSA) is 97.7 Å². The molecule has 1 aromatic carbocycles. The van der Waals surface area contributed by atoms with Gasteiger partial charge in [0.1, 0.15) is 11.9 Å². The molecule has 1 aliphatic carbocycles. The maximum atomic E-state index is 13.0. The van der Waals surface area contributed by atoms with Gasteiger partial charge in [-0.05, 0) is 50.8 Å². The van der Waals surface area contributed by atoms with Gasteiger partial charge in [-0.3, -0.25) is 14.5 Å². The maximum Gasteiger partial charge on any atom is 0.253 e. The molecule has 0 spiro atoms. The summed E-state index contributed by atoms with van der Waals surface area (Å²) in [4.78, 5) is 33.1. The van der Waals surface area contributed by atoms with E-state index in [1.165, 1.54) is 6.42 Å². The van der Waals surface area contributed by atoms with Crippen LogP contribution < -0.4 is 10.6 Å². The van der Waals surface area contributed by atoms with Crippen molar-refractivity contribution in [2.75, 3.05) is 51.3 Å². The Bertz CT molecular complexity index is 1040. The Morgan fingerprint density at radius 1 is 1.12 bits per heavy atom. The third-order valence-corrected chi connectivity index (χ3v) is 7.26. The standard InChI is InChI=1S/C25H35N5O4/c1-29-22-19(27-23(29)17-5-2-6-17)15-18(16-20(22)28-25(32)21-7-3-12-34-21)24(31)26-8-4-9-30-10-13-33-14-11-30/h15-17,21H,2-14H2,1H3,(H,26,31)(H,28,32)/t21-/m0/s1. The number of imidazole rings is 1. The van der Waals surface area contributed by atoms with Crippen LogP contribution in [0.25, 0.3) is 11.0 Å². The minimum atomic E-state index is -0.438. The Morgan fingerprint density at radius 3 is 2.65 bits per heavy atom. The molecule has 0 unspecified atom stereocenters. The van der Waals surface area contributed by atoms with Crippen molar-refractivity contribution >= 4 is 28.5 Å². The molecule has 1 saturated carbocycles. The van der Waals surface area contributed by atoms with Gasteiger partial charge in [0.2, 0.25) is 0 Å². The number of hydrogen-bond acceptors (Lipinski definition) is 6. The molecule has 9 heteroatoms. The number of anilines is 1. The zero-order chi connectivity index (χ0) is 23.5. The molecule has 184 valence electrons. The van der Waals surface area contributed by atoms with Crippen LogP contribution in [0.2, 0.25) is 0 Å². The van der Waals surface area contributed by atoms with Crippen molar-refractivity contribution < 1.29 is 19.1 Å². The molecule has 5 rings (SSSR count). The third kappa shape index (κ3) is 4.96. The SMILES string of the molecule is Cn1c(C2CCC2)nc2cc(C(=O)NCCCN3CCOCC3)cc(NC(=O)[C@@H]3CCCO3)c21. The molecule has 2 amide bonds. The highest BCUT2D eigenvalue weighted by molar-refractivity contribution is 6.06. The van der Waals surface area contributed by atoms with Crippen LogP contribution in [0.15, 0.2) is 12.1 Å². The molecular formula is C25H35N5O4. The lowest BCUT2D eigenvalue weighted by Gasteiger charge is -2.26. The Morgan fingerprint density at radius 2 is 1.94 bits per heavy atom. The lowest BCUT2D eigenvalue weighted by atomic mass is 9.85. The van der Waals surface area contributed by atoms with E-state index >= 15 is 0 Å². The predicted molar refractivity (Wildman–Crippen MR) is 129 cm³/mol. The second-order valence-electron chi connectivity index (χ2n) is 9.60. The summed E-state index contributed by atoms with van der Waals surface area (Å²) >= 11 is 0. The number of carbonyl (C=O) groups is 2. The number of amides is 2. The van der Waals surface area contributed by atoms with E-state index < -0.39 is 6.10 Å². The molecule has 34 heavy (non-hydrogen) atoms. The van der Waals surface area contributed by atoms with Gasteiger partial charge in [0, 0.05) is 44.8 Å². The Balaban J connectivity index is 1.33. The molecule has 2 saturated heterocycles. The second-order valence-corrected chi connectivity index (χ2v) is 9.60. The van der Waals surface area contributed by atoms with Crippen LogP contribution in [0.3, 0.4) is 0 Å². The van der Waals surface area contributed by atoms with Gasteiger partial charge in [-0.1, -0.05) is 6.42 Å². The van der Waals surface area contributed by atoms with Crippen molar-refractivity contribution in [3.8, 4) is 0 Å². The minimum absolute atomic E-state index is 0.146. The first-order chi connectivity index (χ1) is 16.6. The number of nitrogens with zero attached hydrogens (tertiary/aromatic N) is 3. The molecule has 0 radical (unpaired) electrons. The van der Waals surface area contributed by atoms with Gasteiger partial charge in [-0.2, -0.15) is 0 Å². The van der Waals surface area contributed by atoms with Crippen LogP contribution in [-0.4, -0.2) is 78.4 Å². The zero-order valence-corrected chi connectivity index (χ0v) is 20.0. The van der Waals surface area contributed by atoms with Gasteiger partial charge in [0.15, 0.2) is 0 Å². The van der Waals surface area contributed by atoms with Crippen molar-refractivity contribution in [3.63, 3.8) is 0 Å². The van der Waals surface area contributed by atoms with Crippen LogP contribution in [-0.2, 0) is 21.3 Å². The van der Waals surface area contributed by atoms with Crippen LogP contribution in [0.1, 0.15) is 60.6 Å². The predicted octanol–water partition coefficient (Wildman–Crippen LogP) is 2.41. The monoisotopic (exact) mass is 469 g/mol. The summed E-state index contributed by atoms with van der Waals surface area (Å²) in [6.45, 7) is 5.60. The van der Waals surface area contributed by atoms with Crippen LogP contribution >= 0.6 is 0 Å². The molecule has 2 aliphatic heterocycles. The van der Waals surface area contributed by atoms with E-state index in [2.05, 4.69) is 20.1 Å². The number of nitrogens with one attached hydrogen (secondary N) is 2. The highest BCUT2D eigenvalue weighted by atomic mass is 16.5. The average molecular weight is 470 g/mol. The van der Waals surface area contributed by atoms with Gasteiger partial charge in [-0.25, -0.2) is 4.98 Å². The van der Waals surface area contributed by atoms with Crippen LogP contribution in [0, 0.1) is 0 Å². The number of benzene rings is 1. The van der Waals surface area contributed by atoms with E-state index in [-0.39, 0.29) is 11.8 Å². The Hall–Kier alpha value is -2.49. The molecule has 2 aromatic rings. The molecule has 1 atom stereocenters. The van der Waals surface area contributed by atoms with Crippen molar-refractivity contribution in [3.05, 3.63) is 23.5 Å². The fraction of sp³-hybridized carbons (Fsp3) is 0.640. The van der Waals surface area contributed by atoms with E-state index in [1.807, 2.05) is 13.1 Å². The van der Waals surface area contributed by atoms with Gasteiger partial charge in [-0.15, -0.1) is 0 Å². The van der Waals surface area contributed by atoms with E-state index in [4.69, 9.17) is 14.5 Å². The number of fused-ring (bicyclic) bond motifs is 1. The quantitative estimate of drug-likeness (QED) is 0.577. The van der Waals surface area contributed by atoms with Gasteiger partial charge in [0.05, 0.1) is 29.9 Å². The highest BCUT2D eigenvalue weighted by Gasteiger charge is 2.28. The van der Waals surface area contributed by atoms with Gasteiger partial charge < -0.3 is 24.7 Å². The Kier molecular flexibility index (Phi) is 7.12. The third-order valence-electron chi connectivity index (χ3n) is 7.26. The first kappa shape index (κ1) is 23.3. The molecule has 9 nitrogen and oxygen atoms in total. The van der Waals surface area contributed by atoms with E-state index in [9.17, 15) is 9.59 Å². The first-order valence-electron chi connectivity index (χ1n) is 12.6. The number of hydrogen-bond donors (Lipinski definition) is 2. The van der Waals surface area contributed by atoms with E-state index in [0.717, 1.165) is 81.8 Å². The fourth-order valence-corrected chi connectivity index (χ4v) is 5.06. The zero-order valence-electron chi connectivity index (χ0n) is 20.0. The summed E-state index contributed by atoms with van der Waals surface area (Å²) < 4.78 is 13.0. The van der Waals surface area contributed by atoms with Crippen LogP contribution in [0.4, 0.5) is 5.69 Å². The summed E-state index contributed by atoms with van der Waals surface area (Å²) in [5.41, 5.74) is 2.74. The van der Waals surface area contributed by atoms with Crippen LogP contribution in [0.5, 0.6) is 0 Å². The summed E-state index contributed by atoms with van der Waals surface area (Å²) in [7, 11) is 2.00. The van der Waals surface area contributed by atoms with Crippen molar-refractivity contribution in [1.29, 1.82) is 0 Å². The number of aromatic nitrogens is 2.